The van der Waals surface area contributed by atoms with Crippen LogP contribution in [0.5, 0.6) is 0 Å². The number of anilines is 1. The summed E-state index contributed by atoms with van der Waals surface area (Å²) in [4.78, 5) is 38.4. The molecule has 0 aliphatic carbocycles. The molecule has 0 saturated carbocycles. The number of non-ortho nitro benzene ring substituents is 1. The lowest BCUT2D eigenvalue weighted by Crippen LogP contribution is -2.44. The summed E-state index contributed by atoms with van der Waals surface area (Å²) in [5.74, 6) is -1.22. The van der Waals surface area contributed by atoms with Crippen LogP contribution in [-0.2, 0) is 9.59 Å². The topological polar surface area (TPSA) is 87.0 Å². The van der Waals surface area contributed by atoms with Gasteiger partial charge in [-0.15, -0.1) is 0 Å². The molecule has 148 valence electrons. The fraction of sp³-hybridized carbons (Fsp3) is 0.300. The van der Waals surface area contributed by atoms with Crippen molar-refractivity contribution in [3.8, 4) is 0 Å². The number of benzene rings is 2. The number of carbonyl (C=O) groups excluding carboxylic acids is 2. The molecule has 2 aromatic carbocycles. The Balaban J connectivity index is 1.57. The first-order valence-electron chi connectivity index (χ1n) is 9.38. The highest BCUT2D eigenvalue weighted by atomic mass is 35.5. The molecule has 5 rings (SSSR count). The second-order valence-corrected chi connectivity index (χ2v) is 7.87. The van der Waals surface area contributed by atoms with Gasteiger partial charge >= 0.3 is 0 Å². The van der Waals surface area contributed by atoms with Crippen molar-refractivity contribution >= 4 is 34.8 Å². The number of imide groups is 1. The van der Waals surface area contributed by atoms with Crippen LogP contribution < -0.4 is 4.90 Å². The van der Waals surface area contributed by atoms with E-state index >= 15 is 0 Å². The summed E-state index contributed by atoms with van der Waals surface area (Å²) in [6.45, 7) is 1.48. The van der Waals surface area contributed by atoms with Gasteiger partial charge in [0, 0.05) is 30.2 Å². The summed E-state index contributed by atoms with van der Waals surface area (Å²) in [5, 5.41) is 15.8. The molecule has 3 fully saturated rings. The smallest absolute Gasteiger partial charge is 0.271 e. The number of nitrogens with zero attached hydrogens (tertiary/aromatic N) is 4. The standard InChI is InChI=1S/C20H17ClN4O4/c21-13-7-5-12(6-8-13)17-16-18(23-10-2-9-22(17)23)20(27)24(19(16)26)14-3-1-4-15(11-14)25(28)29/h1,3-8,11,16-18H,2,9-10H2. The van der Waals surface area contributed by atoms with Gasteiger partial charge in [-0.3, -0.25) is 19.7 Å². The van der Waals surface area contributed by atoms with Gasteiger partial charge in [-0.1, -0.05) is 29.8 Å². The van der Waals surface area contributed by atoms with Gasteiger partial charge in [0.05, 0.1) is 22.6 Å². The van der Waals surface area contributed by atoms with Crippen molar-refractivity contribution in [3.05, 3.63) is 69.2 Å². The lowest BCUT2D eigenvalue weighted by Gasteiger charge is -2.29. The maximum atomic E-state index is 13.4. The first-order valence-corrected chi connectivity index (χ1v) is 9.76. The summed E-state index contributed by atoms with van der Waals surface area (Å²) in [6, 6.07) is 12.1. The molecule has 0 N–H and O–H groups in total. The van der Waals surface area contributed by atoms with Crippen LogP contribution in [0.4, 0.5) is 11.4 Å². The van der Waals surface area contributed by atoms with Crippen molar-refractivity contribution in [2.75, 3.05) is 18.0 Å². The summed E-state index contributed by atoms with van der Waals surface area (Å²) < 4.78 is 0. The quantitative estimate of drug-likeness (QED) is 0.437. The highest BCUT2D eigenvalue weighted by molar-refractivity contribution is 6.30. The number of fused-ring (bicyclic) bond motifs is 3. The van der Waals surface area contributed by atoms with E-state index in [-0.39, 0.29) is 29.2 Å². The fourth-order valence-corrected chi connectivity index (χ4v) is 4.90. The number of hydrogen-bond acceptors (Lipinski definition) is 6. The predicted octanol–water partition coefficient (Wildman–Crippen LogP) is 2.78. The van der Waals surface area contributed by atoms with Crippen molar-refractivity contribution in [3.63, 3.8) is 0 Å². The molecule has 0 spiro atoms. The third kappa shape index (κ3) is 2.67. The SMILES string of the molecule is O=C1C2C(C(=O)N1c1cccc([N+](=O)[O-])c1)N1CCCN1C2c1ccc(Cl)cc1. The van der Waals surface area contributed by atoms with E-state index in [1.165, 1.54) is 18.2 Å². The van der Waals surface area contributed by atoms with E-state index in [9.17, 15) is 19.7 Å². The van der Waals surface area contributed by atoms with Gasteiger partial charge in [0.25, 0.3) is 11.6 Å². The van der Waals surface area contributed by atoms with Crippen LogP contribution in [0.15, 0.2) is 48.5 Å². The van der Waals surface area contributed by atoms with Crippen molar-refractivity contribution in [2.24, 2.45) is 5.92 Å². The highest BCUT2D eigenvalue weighted by Gasteiger charge is 2.62. The van der Waals surface area contributed by atoms with E-state index < -0.39 is 16.9 Å². The molecule has 2 aromatic rings. The first-order chi connectivity index (χ1) is 14.0. The molecule has 3 heterocycles. The summed E-state index contributed by atoms with van der Waals surface area (Å²) in [5.41, 5.74) is 1.01. The molecule has 0 bridgehead atoms. The minimum atomic E-state index is -0.593. The van der Waals surface area contributed by atoms with Crippen molar-refractivity contribution in [1.29, 1.82) is 0 Å². The Bertz CT molecular complexity index is 1030. The second kappa shape index (κ2) is 6.62. The minimum absolute atomic E-state index is 0.155. The van der Waals surface area contributed by atoms with Crippen LogP contribution in [0, 0.1) is 16.0 Å². The zero-order chi connectivity index (χ0) is 20.3. The number of hydrogen-bond donors (Lipinski definition) is 0. The number of halogens is 1. The van der Waals surface area contributed by atoms with Crippen LogP contribution in [0.2, 0.25) is 5.02 Å². The summed E-state index contributed by atoms with van der Waals surface area (Å²) in [7, 11) is 0. The third-order valence-corrected chi connectivity index (χ3v) is 6.17. The van der Waals surface area contributed by atoms with E-state index in [0.29, 0.717) is 11.6 Å². The number of hydrazine groups is 1. The Kier molecular flexibility index (Phi) is 4.16. The van der Waals surface area contributed by atoms with E-state index in [0.717, 1.165) is 23.4 Å². The fourth-order valence-electron chi connectivity index (χ4n) is 4.77. The molecule has 3 atom stereocenters. The van der Waals surface area contributed by atoms with Gasteiger partial charge in [0.15, 0.2) is 0 Å². The van der Waals surface area contributed by atoms with Gasteiger partial charge < -0.3 is 0 Å². The third-order valence-electron chi connectivity index (χ3n) is 5.92. The van der Waals surface area contributed by atoms with E-state index in [1.54, 1.807) is 18.2 Å². The first kappa shape index (κ1) is 18.2. The molecule has 8 nitrogen and oxygen atoms in total. The molecular formula is C20H17ClN4O4. The van der Waals surface area contributed by atoms with Gasteiger partial charge in [-0.05, 0) is 30.2 Å². The number of rotatable bonds is 3. The number of nitro benzene ring substituents is 1. The molecular weight excluding hydrogens is 396 g/mol. The molecule has 3 saturated heterocycles. The number of amides is 2. The molecule has 3 aliphatic rings. The van der Waals surface area contributed by atoms with Gasteiger partial charge in [-0.2, -0.15) is 0 Å². The van der Waals surface area contributed by atoms with E-state index in [2.05, 4.69) is 5.01 Å². The highest BCUT2D eigenvalue weighted by Crippen LogP contribution is 2.49. The second-order valence-electron chi connectivity index (χ2n) is 7.44. The largest absolute Gasteiger partial charge is 0.274 e. The molecule has 3 aliphatic heterocycles. The maximum absolute atomic E-state index is 13.4. The Hall–Kier alpha value is -2.81. The van der Waals surface area contributed by atoms with Crippen LogP contribution in [0.3, 0.4) is 0 Å². The maximum Gasteiger partial charge on any atom is 0.271 e. The van der Waals surface area contributed by atoms with Crippen LogP contribution in [-0.4, -0.2) is 45.9 Å². The zero-order valence-electron chi connectivity index (χ0n) is 15.3. The lowest BCUT2D eigenvalue weighted by atomic mass is 9.90. The van der Waals surface area contributed by atoms with Gasteiger partial charge in [-0.25, -0.2) is 14.9 Å². The summed E-state index contributed by atoms with van der Waals surface area (Å²) in [6.07, 6.45) is 0.908. The van der Waals surface area contributed by atoms with Crippen molar-refractivity contribution in [1.82, 2.24) is 10.0 Å². The number of nitro groups is 1. The molecule has 3 unspecified atom stereocenters. The average Bonchev–Trinajstić information content (AvgIpc) is 3.35. The zero-order valence-corrected chi connectivity index (χ0v) is 16.0. The molecule has 9 heteroatoms. The molecule has 29 heavy (non-hydrogen) atoms. The van der Waals surface area contributed by atoms with Gasteiger partial charge in [0.2, 0.25) is 5.91 Å². The van der Waals surface area contributed by atoms with Crippen LogP contribution in [0.25, 0.3) is 0 Å². The minimum Gasteiger partial charge on any atom is -0.274 e. The molecule has 2 amide bonds. The Morgan fingerprint density at radius 3 is 2.34 bits per heavy atom. The average molecular weight is 413 g/mol. The van der Waals surface area contributed by atoms with Crippen molar-refractivity contribution < 1.29 is 14.5 Å². The van der Waals surface area contributed by atoms with Crippen LogP contribution >= 0.6 is 11.6 Å². The van der Waals surface area contributed by atoms with Gasteiger partial charge in [0.1, 0.15) is 6.04 Å². The molecule has 0 radical (unpaired) electrons. The van der Waals surface area contributed by atoms with E-state index in [1.807, 2.05) is 17.1 Å². The normalized spacial score (nSPS) is 26.8. The Labute approximate surface area is 171 Å². The molecule has 0 aromatic heterocycles. The Morgan fingerprint density at radius 1 is 0.966 bits per heavy atom. The summed E-state index contributed by atoms with van der Waals surface area (Å²) >= 11 is 6.03. The Morgan fingerprint density at radius 2 is 1.66 bits per heavy atom. The van der Waals surface area contributed by atoms with Crippen molar-refractivity contribution in [2.45, 2.75) is 18.5 Å². The van der Waals surface area contributed by atoms with Crippen LogP contribution in [0.1, 0.15) is 18.0 Å². The lowest BCUT2D eigenvalue weighted by molar-refractivity contribution is -0.384. The monoisotopic (exact) mass is 412 g/mol. The number of carbonyl (C=O) groups is 2. The van der Waals surface area contributed by atoms with E-state index in [4.69, 9.17) is 11.6 Å². The predicted molar refractivity (Wildman–Crippen MR) is 105 cm³/mol.